The second kappa shape index (κ2) is 9.15. The molecule has 0 unspecified atom stereocenters. The fourth-order valence-corrected chi connectivity index (χ4v) is 5.28. The van der Waals surface area contributed by atoms with Crippen LogP contribution in [0.1, 0.15) is 36.8 Å². The van der Waals surface area contributed by atoms with Crippen molar-refractivity contribution in [1.29, 1.82) is 0 Å². The van der Waals surface area contributed by atoms with Crippen LogP contribution in [-0.4, -0.2) is 46.7 Å². The number of nitrogens with one attached hydrogen (secondary N) is 1. The quantitative estimate of drug-likeness (QED) is 0.580. The summed E-state index contributed by atoms with van der Waals surface area (Å²) in [7, 11) is -3.48. The van der Waals surface area contributed by atoms with E-state index in [0.717, 1.165) is 23.9 Å². The summed E-state index contributed by atoms with van der Waals surface area (Å²) in [4.78, 5) is 12.4. The van der Waals surface area contributed by atoms with Crippen molar-refractivity contribution in [3.05, 3.63) is 53.6 Å². The number of carbonyl (C=O) groups is 1. The number of hydrogen-bond donors (Lipinski definition) is 1. The molecule has 3 aromatic rings. The zero-order chi connectivity index (χ0) is 21.8. The minimum atomic E-state index is -3.48. The third kappa shape index (κ3) is 4.94. The maximum Gasteiger partial charge on any atom is 0.243 e. The number of hydrogen-bond acceptors (Lipinski definition) is 5. The highest BCUT2D eigenvalue weighted by Gasteiger charge is 2.27. The Balaban J connectivity index is 1.32. The summed E-state index contributed by atoms with van der Waals surface area (Å²) in [6.45, 7) is 4.22. The minimum Gasteiger partial charge on any atom is -0.352 e. The van der Waals surface area contributed by atoms with Gasteiger partial charge in [0.1, 0.15) is 5.52 Å². The first kappa shape index (κ1) is 21.5. The van der Waals surface area contributed by atoms with Crippen LogP contribution in [0.5, 0.6) is 0 Å². The largest absolute Gasteiger partial charge is 0.352 e. The standard InChI is InChI=1S/C22H27N5O3S/c1-17-6-8-18(9-7-17)16-23-22(28)5-4-14-27-21-11-10-19(15-20(21)24-25-27)31(29,30)26-12-2-3-13-26/h6-11,15H,2-5,12-14,16H2,1H3,(H,23,28). The van der Waals surface area contributed by atoms with Gasteiger partial charge in [0.15, 0.2) is 0 Å². The number of rotatable bonds is 8. The Bertz CT molecular complexity index is 1170. The third-order valence-electron chi connectivity index (χ3n) is 5.57. The van der Waals surface area contributed by atoms with E-state index in [1.165, 1.54) is 9.87 Å². The highest BCUT2D eigenvalue weighted by Crippen LogP contribution is 2.23. The molecule has 1 fully saturated rings. The summed E-state index contributed by atoms with van der Waals surface area (Å²) in [6.07, 6.45) is 2.80. The van der Waals surface area contributed by atoms with Crippen LogP contribution < -0.4 is 5.32 Å². The van der Waals surface area contributed by atoms with Gasteiger partial charge in [0.05, 0.1) is 10.4 Å². The van der Waals surface area contributed by atoms with Crippen molar-refractivity contribution in [2.24, 2.45) is 0 Å². The average molecular weight is 442 g/mol. The molecule has 2 heterocycles. The van der Waals surface area contributed by atoms with Crippen molar-refractivity contribution in [1.82, 2.24) is 24.6 Å². The lowest BCUT2D eigenvalue weighted by Crippen LogP contribution is -2.27. The highest BCUT2D eigenvalue weighted by atomic mass is 32.2. The molecule has 1 aliphatic rings. The van der Waals surface area contributed by atoms with E-state index in [-0.39, 0.29) is 10.8 Å². The molecule has 1 aliphatic heterocycles. The van der Waals surface area contributed by atoms with E-state index in [1.54, 1.807) is 22.9 Å². The first-order valence-electron chi connectivity index (χ1n) is 10.6. The van der Waals surface area contributed by atoms with E-state index in [1.807, 2.05) is 31.2 Å². The molecule has 1 saturated heterocycles. The van der Waals surface area contributed by atoms with Crippen molar-refractivity contribution in [2.45, 2.75) is 50.6 Å². The third-order valence-corrected chi connectivity index (χ3v) is 7.47. The highest BCUT2D eigenvalue weighted by molar-refractivity contribution is 7.89. The van der Waals surface area contributed by atoms with Gasteiger partial charge >= 0.3 is 0 Å². The molecule has 0 radical (unpaired) electrons. The molecule has 0 aliphatic carbocycles. The van der Waals surface area contributed by atoms with Crippen LogP contribution in [0.4, 0.5) is 0 Å². The van der Waals surface area contributed by atoms with Crippen molar-refractivity contribution in [3.8, 4) is 0 Å². The van der Waals surface area contributed by atoms with Crippen LogP contribution >= 0.6 is 0 Å². The Labute approximate surface area is 182 Å². The van der Waals surface area contributed by atoms with Crippen LogP contribution in [0, 0.1) is 6.92 Å². The molecule has 0 spiro atoms. The van der Waals surface area contributed by atoms with Gasteiger partial charge in [-0.25, -0.2) is 13.1 Å². The Morgan fingerprint density at radius 3 is 2.58 bits per heavy atom. The Hall–Kier alpha value is -2.78. The molecule has 2 aromatic carbocycles. The monoisotopic (exact) mass is 441 g/mol. The fourth-order valence-electron chi connectivity index (χ4n) is 3.74. The molecule has 31 heavy (non-hydrogen) atoms. The first-order chi connectivity index (χ1) is 14.9. The van der Waals surface area contributed by atoms with Gasteiger partial charge in [0, 0.05) is 32.6 Å². The van der Waals surface area contributed by atoms with Crippen molar-refractivity contribution in [2.75, 3.05) is 13.1 Å². The van der Waals surface area contributed by atoms with Gasteiger partial charge in [-0.1, -0.05) is 35.0 Å². The van der Waals surface area contributed by atoms with Gasteiger partial charge in [0.2, 0.25) is 15.9 Å². The summed E-state index contributed by atoms with van der Waals surface area (Å²) >= 11 is 0. The maximum absolute atomic E-state index is 12.7. The SMILES string of the molecule is Cc1ccc(CNC(=O)CCCn2nnc3cc(S(=O)(=O)N4CCCC4)ccc32)cc1. The predicted molar refractivity (Wildman–Crippen MR) is 118 cm³/mol. The number of sulfonamides is 1. The minimum absolute atomic E-state index is 0.0102. The molecule has 0 bridgehead atoms. The Morgan fingerprint density at radius 2 is 1.84 bits per heavy atom. The molecule has 0 saturated carbocycles. The maximum atomic E-state index is 12.7. The molecule has 0 atom stereocenters. The van der Waals surface area contributed by atoms with E-state index in [9.17, 15) is 13.2 Å². The van der Waals surface area contributed by atoms with E-state index < -0.39 is 10.0 Å². The molecule has 4 rings (SSSR count). The number of amides is 1. The Morgan fingerprint density at radius 1 is 1.10 bits per heavy atom. The Kier molecular flexibility index (Phi) is 6.33. The van der Waals surface area contributed by atoms with E-state index in [4.69, 9.17) is 0 Å². The second-order valence-corrected chi connectivity index (χ2v) is 9.88. The smallest absolute Gasteiger partial charge is 0.243 e. The summed E-state index contributed by atoms with van der Waals surface area (Å²) < 4.78 is 28.7. The lowest BCUT2D eigenvalue weighted by Gasteiger charge is -2.15. The van der Waals surface area contributed by atoms with Crippen LogP contribution in [0.25, 0.3) is 11.0 Å². The molecule has 9 heteroatoms. The van der Waals surface area contributed by atoms with Crippen LogP contribution in [0.15, 0.2) is 47.4 Å². The number of aromatic nitrogens is 3. The molecular formula is C22H27N5O3S. The van der Waals surface area contributed by atoms with Crippen LogP contribution in [0.3, 0.4) is 0 Å². The second-order valence-electron chi connectivity index (χ2n) is 7.94. The predicted octanol–water partition coefficient (Wildman–Crippen LogP) is 2.62. The number of aryl methyl sites for hydroxylation is 2. The van der Waals surface area contributed by atoms with Gasteiger partial charge < -0.3 is 5.32 Å². The van der Waals surface area contributed by atoms with E-state index in [0.29, 0.717) is 44.5 Å². The average Bonchev–Trinajstić information content (AvgIpc) is 3.44. The lowest BCUT2D eigenvalue weighted by atomic mass is 10.1. The molecule has 164 valence electrons. The van der Waals surface area contributed by atoms with E-state index >= 15 is 0 Å². The van der Waals surface area contributed by atoms with Gasteiger partial charge in [-0.3, -0.25) is 4.79 Å². The number of nitrogens with zero attached hydrogens (tertiary/aromatic N) is 4. The summed E-state index contributed by atoms with van der Waals surface area (Å²) in [5.74, 6) is -0.0102. The zero-order valence-corrected chi connectivity index (χ0v) is 18.4. The van der Waals surface area contributed by atoms with Crippen LogP contribution in [-0.2, 0) is 27.9 Å². The molecule has 1 aromatic heterocycles. The van der Waals surface area contributed by atoms with Crippen molar-refractivity contribution < 1.29 is 13.2 Å². The van der Waals surface area contributed by atoms with Crippen molar-refractivity contribution >= 4 is 27.0 Å². The molecular weight excluding hydrogens is 414 g/mol. The number of benzene rings is 2. The number of carbonyl (C=O) groups excluding carboxylic acids is 1. The summed E-state index contributed by atoms with van der Waals surface area (Å²) in [6, 6.07) is 13.0. The summed E-state index contributed by atoms with van der Waals surface area (Å²) in [5, 5.41) is 11.2. The van der Waals surface area contributed by atoms with Gasteiger partial charge in [-0.2, -0.15) is 4.31 Å². The van der Waals surface area contributed by atoms with Gasteiger partial charge in [0.25, 0.3) is 0 Å². The van der Waals surface area contributed by atoms with E-state index in [2.05, 4.69) is 15.6 Å². The lowest BCUT2D eigenvalue weighted by molar-refractivity contribution is -0.121. The van der Waals surface area contributed by atoms with Crippen molar-refractivity contribution in [3.63, 3.8) is 0 Å². The number of fused-ring (bicyclic) bond motifs is 1. The van der Waals surface area contributed by atoms with Crippen LogP contribution in [0.2, 0.25) is 0 Å². The van der Waals surface area contributed by atoms with Gasteiger partial charge in [-0.05, 0) is 49.9 Å². The normalized spacial score (nSPS) is 14.9. The molecule has 8 nitrogen and oxygen atoms in total. The topological polar surface area (TPSA) is 97.2 Å². The molecule has 1 N–H and O–H groups in total. The van der Waals surface area contributed by atoms with Gasteiger partial charge in [-0.15, -0.1) is 5.10 Å². The first-order valence-corrected chi connectivity index (χ1v) is 12.0. The summed E-state index contributed by atoms with van der Waals surface area (Å²) in [5.41, 5.74) is 3.57. The molecule has 1 amide bonds. The zero-order valence-electron chi connectivity index (χ0n) is 17.6. The fraction of sp³-hybridized carbons (Fsp3) is 0.409.